The molecule has 2 rings (SSSR count). The molecule has 2 unspecified atom stereocenters. The first kappa shape index (κ1) is 12.6. The van der Waals surface area contributed by atoms with Gasteiger partial charge in [0.2, 0.25) is 0 Å². The Morgan fingerprint density at radius 3 is 3.12 bits per heavy atom. The molecule has 0 spiro atoms. The predicted molar refractivity (Wildman–Crippen MR) is 65.7 cm³/mol. The summed E-state index contributed by atoms with van der Waals surface area (Å²) >= 11 is 0. The summed E-state index contributed by atoms with van der Waals surface area (Å²) in [6, 6.07) is 0. The zero-order valence-electron chi connectivity index (χ0n) is 10.5. The van der Waals surface area contributed by atoms with Gasteiger partial charge in [0.15, 0.2) is 0 Å². The second-order valence-electron chi connectivity index (χ2n) is 4.71. The fourth-order valence-corrected chi connectivity index (χ4v) is 2.27. The topological polar surface area (TPSA) is 47.3 Å². The zero-order chi connectivity index (χ0) is 12.1. The van der Waals surface area contributed by atoms with Crippen molar-refractivity contribution in [2.24, 2.45) is 0 Å². The van der Waals surface area contributed by atoms with Gasteiger partial charge in [-0.05, 0) is 39.0 Å². The van der Waals surface area contributed by atoms with E-state index in [-0.39, 0.29) is 0 Å². The van der Waals surface area contributed by atoms with Crippen molar-refractivity contribution in [3.05, 3.63) is 18.0 Å². The van der Waals surface area contributed by atoms with Crippen molar-refractivity contribution < 1.29 is 9.84 Å². The lowest BCUT2D eigenvalue weighted by molar-refractivity contribution is 0.00212. The van der Waals surface area contributed by atoms with Crippen LogP contribution in [0.5, 0.6) is 0 Å². The van der Waals surface area contributed by atoms with Crippen molar-refractivity contribution in [3.8, 4) is 0 Å². The lowest BCUT2D eigenvalue weighted by atomic mass is 10.0. The number of aryl methyl sites for hydroxylation is 1. The molecular weight excluding hydrogens is 216 g/mol. The molecule has 17 heavy (non-hydrogen) atoms. The maximum atomic E-state index is 10.1. The Labute approximate surface area is 103 Å². The molecule has 1 aromatic rings. The van der Waals surface area contributed by atoms with E-state index in [1.165, 1.54) is 12.8 Å². The van der Waals surface area contributed by atoms with Gasteiger partial charge in [-0.2, -0.15) is 5.10 Å². The smallest absolute Gasteiger partial charge is 0.0821 e. The summed E-state index contributed by atoms with van der Waals surface area (Å²) < 4.78 is 7.50. The van der Waals surface area contributed by atoms with Crippen LogP contribution < -0.4 is 0 Å². The van der Waals surface area contributed by atoms with Crippen molar-refractivity contribution in [3.63, 3.8) is 0 Å². The molecule has 0 saturated carbocycles. The van der Waals surface area contributed by atoms with Crippen LogP contribution in [0.2, 0.25) is 0 Å². The maximum Gasteiger partial charge on any atom is 0.0821 e. The number of ether oxygens (including phenoxy) is 1. The van der Waals surface area contributed by atoms with Gasteiger partial charge in [-0.25, -0.2) is 0 Å². The number of aliphatic hydroxyl groups is 1. The second-order valence-corrected chi connectivity index (χ2v) is 4.71. The number of hydrogen-bond acceptors (Lipinski definition) is 3. The minimum Gasteiger partial charge on any atom is -0.388 e. The van der Waals surface area contributed by atoms with Crippen LogP contribution in [-0.2, 0) is 11.3 Å². The quantitative estimate of drug-likeness (QED) is 0.856. The zero-order valence-corrected chi connectivity index (χ0v) is 10.5. The van der Waals surface area contributed by atoms with E-state index in [2.05, 4.69) is 5.10 Å². The number of rotatable bonds is 5. The minimum absolute atomic E-state index is 0.347. The standard InChI is InChI=1S/C13H22N2O2/c1-2-15-10-11(9-14-15)13(16)7-6-12-5-3-4-8-17-12/h9-10,12-13,16H,2-8H2,1H3. The summed E-state index contributed by atoms with van der Waals surface area (Å²) in [4.78, 5) is 0. The van der Waals surface area contributed by atoms with E-state index < -0.39 is 6.10 Å². The molecule has 4 heteroatoms. The van der Waals surface area contributed by atoms with Gasteiger partial charge in [0, 0.05) is 24.9 Å². The SMILES string of the molecule is CCn1cc(C(O)CCC2CCCCO2)cn1. The third-order valence-corrected chi connectivity index (χ3v) is 3.40. The molecule has 2 heterocycles. The van der Waals surface area contributed by atoms with Crippen LogP contribution in [0.25, 0.3) is 0 Å². The van der Waals surface area contributed by atoms with Crippen LogP contribution in [0.3, 0.4) is 0 Å². The summed E-state index contributed by atoms with van der Waals surface area (Å²) in [6.45, 7) is 3.77. The third-order valence-electron chi connectivity index (χ3n) is 3.40. The first-order chi connectivity index (χ1) is 8.29. The van der Waals surface area contributed by atoms with Crippen LogP contribution in [0.15, 0.2) is 12.4 Å². The summed E-state index contributed by atoms with van der Waals surface area (Å²) in [5.41, 5.74) is 0.919. The van der Waals surface area contributed by atoms with Crippen LogP contribution in [0.1, 0.15) is 50.7 Å². The molecule has 0 radical (unpaired) electrons. The van der Waals surface area contributed by atoms with Crippen LogP contribution in [0.4, 0.5) is 0 Å². The monoisotopic (exact) mass is 238 g/mol. The molecule has 1 aliphatic rings. The van der Waals surface area contributed by atoms with Crippen molar-refractivity contribution in [2.45, 2.75) is 57.8 Å². The molecule has 1 aliphatic heterocycles. The van der Waals surface area contributed by atoms with Gasteiger partial charge in [-0.3, -0.25) is 4.68 Å². The van der Waals surface area contributed by atoms with Gasteiger partial charge < -0.3 is 9.84 Å². The highest BCUT2D eigenvalue weighted by Crippen LogP contribution is 2.23. The average Bonchev–Trinajstić information content (AvgIpc) is 2.86. The lowest BCUT2D eigenvalue weighted by Gasteiger charge is -2.23. The molecule has 1 fully saturated rings. The van der Waals surface area contributed by atoms with E-state index >= 15 is 0 Å². The summed E-state index contributed by atoms with van der Waals surface area (Å²) in [6.07, 6.45) is 8.92. The molecule has 0 aromatic carbocycles. The lowest BCUT2D eigenvalue weighted by Crippen LogP contribution is -2.19. The van der Waals surface area contributed by atoms with Gasteiger partial charge in [0.1, 0.15) is 0 Å². The van der Waals surface area contributed by atoms with Gasteiger partial charge in [0.25, 0.3) is 0 Å². The van der Waals surface area contributed by atoms with Gasteiger partial charge >= 0.3 is 0 Å². The first-order valence-electron chi connectivity index (χ1n) is 6.61. The van der Waals surface area contributed by atoms with E-state index in [1.807, 2.05) is 17.8 Å². The van der Waals surface area contributed by atoms with E-state index in [4.69, 9.17) is 4.74 Å². The highest BCUT2D eigenvalue weighted by Gasteiger charge is 2.17. The Balaban J connectivity index is 1.77. The molecule has 2 atom stereocenters. The van der Waals surface area contributed by atoms with Gasteiger partial charge in [-0.15, -0.1) is 0 Å². The predicted octanol–water partition coefficient (Wildman–Crippen LogP) is 2.29. The van der Waals surface area contributed by atoms with Crippen LogP contribution >= 0.6 is 0 Å². The largest absolute Gasteiger partial charge is 0.388 e. The molecule has 4 nitrogen and oxygen atoms in total. The Kier molecular flexibility index (Phi) is 4.57. The van der Waals surface area contributed by atoms with E-state index in [9.17, 15) is 5.11 Å². The number of aliphatic hydroxyl groups excluding tert-OH is 1. The number of hydrogen-bond donors (Lipinski definition) is 1. The molecule has 1 aromatic heterocycles. The van der Waals surface area contributed by atoms with E-state index in [0.717, 1.165) is 38.0 Å². The maximum absolute atomic E-state index is 10.1. The molecule has 0 amide bonds. The summed E-state index contributed by atoms with van der Waals surface area (Å²) in [5, 5.41) is 14.2. The number of aromatic nitrogens is 2. The molecule has 0 bridgehead atoms. The average molecular weight is 238 g/mol. The normalized spacial score (nSPS) is 22.6. The third kappa shape index (κ3) is 3.54. The molecule has 1 N–H and O–H groups in total. The summed E-state index contributed by atoms with van der Waals surface area (Å²) in [7, 11) is 0. The van der Waals surface area contributed by atoms with Gasteiger partial charge in [0.05, 0.1) is 18.4 Å². The van der Waals surface area contributed by atoms with Crippen LogP contribution in [-0.4, -0.2) is 27.6 Å². The van der Waals surface area contributed by atoms with E-state index in [0.29, 0.717) is 6.10 Å². The van der Waals surface area contributed by atoms with E-state index in [1.54, 1.807) is 6.20 Å². The Morgan fingerprint density at radius 1 is 1.59 bits per heavy atom. The Hall–Kier alpha value is -0.870. The van der Waals surface area contributed by atoms with Crippen molar-refractivity contribution in [1.82, 2.24) is 9.78 Å². The highest BCUT2D eigenvalue weighted by molar-refractivity contribution is 5.07. The molecular formula is C13H22N2O2. The molecule has 0 aliphatic carbocycles. The minimum atomic E-state index is -0.402. The number of nitrogens with zero attached hydrogens (tertiary/aromatic N) is 2. The first-order valence-corrected chi connectivity index (χ1v) is 6.61. The Bertz CT molecular complexity index is 332. The molecule has 1 saturated heterocycles. The van der Waals surface area contributed by atoms with Crippen molar-refractivity contribution >= 4 is 0 Å². The van der Waals surface area contributed by atoms with Crippen molar-refractivity contribution in [2.75, 3.05) is 6.61 Å². The highest BCUT2D eigenvalue weighted by atomic mass is 16.5. The molecule has 96 valence electrons. The van der Waals surface area contributed by atoms with Crippen molar-refractivity contribution in [1.29, 1.82) is 0 Å². The van der Waals surface area contributed by atoms with Crippen LogP contribution in [0, 0.1) is 0 Å². The fraction of sp³-hybridized carbons (Fsp3) is 0.769. The van der Waals surface area contributed by atoms with Gasteiger partial charge in [-0.1, -0.05) is 0 Å². The fourth-order valence-electron chi connectivity index (χ4n) is 2.27. The summed E-state index contributed by atoms with van der Waals surface area (Å²) in [5.74, 6) is 0. The second kappa shape index (κ2) is 6.17. The Morgan fingerprint density at radius 2 is 2.47 bits per heavy atom.